The minimum absolute atomic E-state index is 0.0155. The number of amides is 1. The second-order valence-electron chi connectivity index (χ2n) is 8.17. The molecule has 4 heteroatoms. The van der Waals surface area contributed by atoms with E-state index in [2.05, 4.69) is 40.5 Å². The van der Waals surface area contributed by atoms with Crippen molar-refractivity contribution in [3.8, 4) is 0 Å². The molecule has 0 bridgehead atoms. The van der Waals surface area contributed by atoms with Gasteiger partial charge in [0.15, 0.2) is 0 Å². The van der Waals surface area contributed by atoms with Crippen molar-refractivity contribution in [3.05, 3.63) is 35.9 Å². The van der Waals surface area contributed by atoms with Gasteiger partial charge in [-0.1, -0.05) is 44.2 Å². The molecule has 2 saturated carbocycles. The number of carbonyl (C=O) groups is 1. The molecule has 138 valence electrons. The van der Waals surface area contributed by atoms with Crippen LogP contribution in [-0.4, -0.2) is 35.0 Å². The third kappa shape index (κ3) is 5.05. The average Bonchev–Trinajstić information content (AvgIpc) is 3.45. The SMILES string of the molecule is CC(C)C(N)C(=O)NC1CCC(N(Cc2ccccc2)C2CC2)CC1. The average molecular weight is 344 g/mol. The van der Waals surface area contributed by atoms with Gasteiger partial charge in [-0.15, -0.1) is 0 Å². The van der Waals surface area contributed by atoms with E-state index in [1.54, 1.807) is 0 Å². The second-order valence-corrected chi connectivity index (χ2v) is 8.17. The van der Waals surface area contributed by atoms with Crippen molar-refractivity contribution in [2.45, 2.75) is 83.1 Å². The number of nitrogens with two attached hydrogens (primary N) is 1. The molecule has 2 fully saturated rings. The van der Waals surface area contributed by atoms with Crippen molar-refractivity contribution in [1.82, 2.24) is 10.2 Å². The first-order valence-electron chi connectivity index (χ1n) is 9.90. The molecule has 1 aromatic rings. The zero-order valence-corrected chi connectivity index (χ0v) is 15.7. The van der Waals surface area contributed by atoms with Crippen LogP contribution in [0, 0.1) is 5.92 Å². The lowest BCUT2D eigenvalue weighted by Gasteiger charge is -2.37. The number of rotatable bonds is 7. The van der Waals surface area contributed by atoms with E-state index in [0.717, 1.165) is 25.4 Å². The highest BCUT2D eigenvalue weighted by Crippen LogP contribution is 2.35. The maximum absolute atomic E-state index is 12.2. The van der Waals surface area contributed by atoms with Gasteiger partial charge in [0.25, 0.3) is 0 Å². The van der Waals surface area contributed by atoms with Crippen LogP contribution in [0.25, 0.3) is 0 Å². The highest BCUT2D eigenvalue weighted by molar-refractivity contribution is 5.82. The third-order valence-corrected chi connectivity index (χ3v) is 5.76. The molecule has 0 aliphatic heterocycles. The van der Waals surface area contributed by atoms with Crippen LogP contribution in [0.1, 0.15) is 57.9 Å². The number of hydrogen-bond donors (Lipinski definition) is 2. The van der Waals surface area contributed by atoms with Crippen LogP contribution in [0.15, 0.2) is 30.3 Å². The van der Waals surface area contributed by atoms with Gasteiger partial charge in [-0.25, -0.2) is 0 Å². The predicted octanol–water partition coefficient (Wildman–Crippen LogP) is 3.06. The van der Waals surface area contributed by atoms with E-state index in [-0.39, 0.29) is 11.8 Å². The number of hydrogen-bond acceptors (Lipinski definition) is 3. The first-order chi connectivity index (χ1) is 12.0. The van der Waals surface area contributed by atoms with Crippen molar-refractivity contribution >= 4 is 5.91 Å². The van der Waals surface area contributed by atoms with Gasteiger partial charge >= 0.3 is 0 Å². The minimum atomic E-state index is -0.390. The molecule has 25 heavy (non-hydrogen) atoms. The molecule has 0 saturated heterocycles. The molecular weight excluding hydrogens is 310 g/mol. The number of nitrogens with one attached hydrogen (secondary N) is 1. The van der Waals surface area contributed by atoms with Gasteiger partial charge in [0, 0.05) is 24.7 Å². The molecule has 2 aliphatic rings. The van der Waals surface area contributed by atoms with Gasteiger partial charge in [-0.05, 0) is 50.0 Å². The fraction of sp³-hybridized carbons (Fsp3) is 0.667. The summed E-state index contributed by atoms with van der Waals surface area (Å²) in [5.41, 5.74) is 7.38. The normalized spacial score (nSPS) is 25.2. The molecule has 0 spiro atoms. The Morgan fingerprint density at radius 2 is 1.64 bits per heavy atom. The Morgan fingerprint density at radius 3 is 2.16 bits per heavy atom. The molecule has 0 radical (unpaired) electrons. The summed E-state index contributed by atoms with van der Waals surface area (Å²) in [5, 5.41) is 3.17. The summed E-state index contributed by atoms with van der Waals surface area (Å²) >= 11 is 0. The Morgan fingerprint density at radius 1 is 1.08 bits per heavy atom. The lowest BCUT2D eigenvalue weighted by atomic mass is 9.89. The summed E-state index contributed by atoms with van der Waals surface area (Å²) in [5.74, 6) is 0.203. The third-order valence-electron chi connectivity index (χ3n) is 5.76. The van der Waals surface area contributed by atoms with Crippen LogP contribution in [-0.2, 0) is 11.3 Å². The molecule has 3 rings (SSSR count). The lowest BCUT2D eigenvalue weighted by molar-refractivity contribution is -0.124. The number of nitrogens with zero attached hydrogens (tertiary/aromatic N) is 1. The van der Waals surface area contributed by atoms with E-state index in [1.165, 1.54) is 31.2 Å². The minimum Gasteiger partial charge on any atom is -0.352 e. The molecule has 0 aromatic heterocycles. The molecule has 4 nitrogen and oxygen atoms in total. The number of carbonyl (C=O) groups excluding carboxylic acids is 1. The fourth-order valence-electron chi connectivity index (χ4n) is 3.91. The molecular formula is C21H33N3O. The summed E-state index contributed by atoms with van der Waals surface area (Å²) in [7, 11) is 0. The number of benzene rings is 1. The van der Waals surface area contributed by atoms with Gasteiger partial charge in [0.1, 0.15) is 0 Å². The Kier molecular flexibility index (Phi) is 6.13. The van der Waals surface area contributed by atoms with Crippen molar-refractivity contribution < 1.29 is 4.79 Å². The standard InChI is InChI=1S/C21H33N3O/c1-15(2)20(22)21(25)23-17-8-10-18(11-9-17)24(19-12-13-19)14-16-6-4-3-5-7-16/h3-7,15,17-20H,8-14,22H2,1-2H3,(H,23,25). The van der Waals surface area contributed by atoms with E-state index in [1.807, 2.05) is 13.8 Å². The van der Waals surface area contributed by atoms with Gasteiger partial charge in [0.2, 0.25) is 5.91 Å². The second kappa shape index (κ2) is 8.33. The van der Waals surface area contributed by atoms with Gasteiger partial charge in [-0.2, -0.15) is 0 Å². The first kappa shape index (κ1) is 18.4. The highest BCUT2D eigenvalue weighted by Gasteiger charge is 2.36. The molecule has 1 atom stereocenters. The van der Waals surface area contributed by atoms with E-state index < -0.39 is 6.04 Å². The fourth-order valence-corrected chi connectivity index (χ4v) is 3.91. The van der Waals surface area contributed by atoms with E-state index in [9.17, 15) is 4.79 Å². The van der Waals surface area contributed by atoms with Crippen LogP contribution in [0.2, 0.25) is 0 Å². The largest absolute Gasteiger partial charge is 0.352 e. The summed E-state index contributed by atoms with van der Waals surface area (Å²) in [4.78, 5) is 14.9. The molecule has 1 amide bonds. The van der Waals surface area contributed by atoms with Crippen molar-refractivity contribution in [2.24, 2.45) is 11.7 Å². The topological polar surface area (TPSA) is 58.4 Å². The summed E-state index contributed by atoms with van der Waals surface area (Å²) in [6, 6.07) is 12.1. The quantitative estimate of drug-likeness (QED) is 0.800. The van der Waals surface area contributed by atoms with Gasteiger partial charge in [-0.3, -0.25) is 9.69 Å². The van der Waals surface area contributed by atoms with Crippen LogP contribution >= 0.6 is 0 Å². The van der Waals surface area contributed by atoms with E-state index in [0.29, 0.717) is 12.1 Å². The molecule has 1 unspecified atom stereocenters. The van der Waals surface area contributed by atoms with Crippen molar-refractivity contribution in [3.63, 3.8) is 0 Å². The van der Waals surface area contributed by atoms with E-state index in [4.69, 9.17) is 5.73 Å². The summed E-state index contributed by atoms with van der Waals surface area (Å²) in [6.07, 6.45) is 7.16. The van der Waals surface area contributed by atoms with Crippen LogP contribution in [0.4, 0.5) is 0 Å². The van der Waals surface area contributed by atoms with Crippen LogP contribution < -0.4 is 11.1 Å². The lowest BCUT2D eigenvalue weighted by Crippen LogP contribution is -2.50. The zero-order chi connectivity index (χ0) is 17.8. The Bertz CT molecular complexity index is 548. The summed E-state index contributed by atoms with van der Waals surface area (Å²) in [6.45, 7) is 5.06. The monoisotopic (exact) mass is 343 g/mol. The maximum atomic E-state index is 12.2. The van der Waals surface area contributed by atoms with Crippen molar-refractivity contribution in [2.75, 3.05) is 0 Å². The first-order valence-corrected chi connectivity index (χ1v) is 9.90. The predicted molar refractivity (Wildman–Crippen MR) is 102 cm³/mol. The van der Waals surface area contributed by atoms with Crippen LogP contribution in [0.3, 0.4) is 0 Å². The van der Waals surface area contributed by atoms with E-state index >= 15 is 0 Å². The molecule has 0 heterocycles. The smallest absolute Gasteiger partial charge is 0.237 e. The summed E-state index contributed by atoms with van der Waals surface area (Å²) < 4.78 is 0. The highest BCUT2D eigenvalue weighted by atomic mass is 16.2. The Hall–Kier alpha value is -1.39. The molecule has 2 aliphatic carbocycles. The van der Waals surface area contributed by atoms with Crippen LogP contribution in [0.5, 0.6) is 0 Å². The maximum Gasteiger partial charge on any atom is 0.237 e. The Labute approximate surface area is 152 Å². The van der Waals surface area contributed by atoms with Gasteiger partial charge in [0.05, 0.1) is 6.04 Å². The zero-order valence-electron chi connectivity index (χ0n) is 15.7. The van der Waals surface area contributed by atoms with Gasteiger partial charge < -0.3 is 11.1 Å². The van der Waals surface area contributed by atoms with Crippen molar-refractivity contribution in [1.29, 1.82) is 0 Å². The Balaban J connectivity index is 1.51. The molecule has 1 aromatic carbocycles. The molecule has 3 N–H and O–H groups in total.